The number of hydrogen-bond donors (Lipinski definition) is 0. The maximum Gasteiger partial charge on any atom is 0.410 e. The Bertz CT molecular complexity index is 806. The van der Waals surface area contributed by atoms with Gasteiger partial charge in [-0.15, -0.1) is 0 Å². The Labute approximate surface area is 163 Å². The second-order valence-electron chi connectivity index (χ2n) is 6.46. The van der Waals surface area contributed by atoms with Crippen molar-refractivity contribution in [3.05, 3.63) is 66.8 Å². The predicted molar refractivity (Wildman–Crippen MR) is 106 cm³/mol. The van der Waals surface area contributed by atoms with Crippen LogP contribution in [-0.2, 0) is 18.2 Å². The van der Waals surface area contributed by atoms with Crippen molar-refractivity contribution in [2.75, 3.05) is 13.2 Å². The van der Waals surface area contributed by atoms with E-state index < -0.39 is 0 Å². The highest BCUT2D eigenvalue weighted by Gasteiger charge is 2.38. The topological polar surface area (TPSA) is 64.4 Å². The first-order valence-corrected chi connectivity index (χ1v) is 9.73. The Morgan fingerprint density at radius 3 is 2.81 bits per heavy atom. The van der Waals surface area contributed by atoms with Gasteiger partial charge in [-0.05, 0) is 6.42 Å². The molecule has 0 N–H and O–H groups in total. The first-order chi connectivity index (χ1) is 13.1. The maximum atomic E-state index is 12.5. The van der Waals surface area contributed by atoms with E-state index in [2.05, 4.69) is 11.6 Å². The molecule has 0 spiro atoms. The lowest BCUT2D eigenvalue weighted by Gasteiger charge is -2.23. The normalized spacial score (nSPS) is 19.1. The smallest absolute Gasteiger partial charge is 0.410 e. The molecule has 0 bridgehead atoms. The Kier molecular flexibility index (Phi) is 6.34. The number of imidazole rings is 1. The van der Waals surface area contributed by atoms with E-state index in [1.807, 2.05) is 48.1 Å². The molecule has 27 heavy (non-hydrogen) atoms. The number of ether oxygens (including phenoxy) is 1. The number of aryl methyl sites for hydroxylation is 1. The van der Waals surface area contributed by atoms with E-state index in [9.17, 15) is 9.59 Å². The maximum absolute atomic E-state index is 12.5. The molecule has 2 heterocycles. The quantitative estimate of drug-likeness (QED) is 0.714. The van der Waals surface area contributed by atoms with Crippen LogP contribution in [0.2, 0.25) is 0 Å². The second kappa shape index (κ2) is 8.90. The van der Waals surface area contributed by atoms with Crippen LogP contribution in [0.5, 0.6) is 0 Å². The largest absolute Gasteiger partial charge is 0.445 e. The van der Waals surface area contributed by atoms with Crippen molar-refractivity contribution >= 4 is 23.0 Å². The number of hydrogen-bond acceptors (Lipinski definition) is 5. The molecule has 2 atom stereocenters. The lowest BCUT2D eigenvalue weighted by atomic mass is 10.1. The number of aromatic nitrogens is 2. The zero-order valence-corrected chi connectivity index (χ0v) is 16.1. The van der Waals surface area contributed by atoms with Crippen LogP contribution >= 0.6 is 11.8 Å². The van der Waals surface area contributed by atoms with Crippen LogP contribution in [0.4, 0.5) is 4.79 Å². The van der Waals surface area contributed by atoms with Crippen molar-refractivity contribution in [2.45, 2.75) is 24.1 Å². The summed E-state index contributed by atoms with van der Waals surface area (Å²) in [5.41, 5.74) is 0.677. The number of rotatable bonds is 6. The van der Waals surface area contributed by atoms with Gasteiger partial charge in [0, 0.05) is 49.3 Å². The van der Waals surface area contributed by atoms with Gasteiger partial charge in [0.15, 0.2) is 0 Å². The van der Waals surface area contributed by atoms with Gasteiger partial charge in [-0.3, -0.25) is 4.79 Å². The Balaban J connectivity index is 1.70. The number of thioether (sulfide) groups is 1. The van der Waals surface area contributed by atoms with Crippen molar-refractivity contribution < 1.29 is 14.3 Å². The van der Waals surface area contributed by atoms with Crippen LogP contribution in [0.3, 0.4) is 0 Å². The van der Waals surface area contributed by atoms with Crippen LogP contribution < -0.4 is 0 Å². The molecule has 0 saturated carbocycles. The van der Waals surface area contributed by atoms with Crippen LogP contribution in [-0.4, -0.2) is 50.1 Å². The third-order valence-electron chi connectivity index (χ3n) is 4.56. The number of nitrogens with zero attached hydrogens (tertiary/aromatic N) is 3. The Hall–Kier alpha value is -2.54. The molecule has 0 radical (unpaired) electrons. The summed E-state index contributed by atoms with van der Waals surface area (Å²) in [5.74, 6) is 0.904. The van der Waals surface area contributed by atoms with Crippen molar-refractivity contribution in [1.82, 2.24) is 14.5 Å². The van der Waals surface area contributed by atoms with Gasteiger partial charge in [-0.2, -0.15) is 0 Å². The molecule has 1 aliphatic rings. The molecule has 1 aliphatic heterocycles. The number of benzene rings is 1. The van der Waals surface area contributed by atoms with Crippen LogP contribution in [0.15, 0.2) is 55.4 Å². The standard InChI is InChI=1S/C20H23N3O3S/c1-3-11-26-20(25)23-14-17(27-19(24)15-7-5-4-6-8-15)12-16(23)13-18-21-9-10-22(18)2/h3-10,16-17H,1,11-14H2,2H3/t16-,17-/m0/s1. The number of likely N-dealkylation sites (tertiary alicyclic amines) is 1. The molecule has 1 amide bonds. The van der Waals surface area contributed by atoms with Gasteiger partial charge in [0.05, 0.1) is 0 Å². The van der Waals surface area contributed by atoms with E-state index in [4.69, 9.17) is 4.74 Å². The Morgan fingerprint density at radius 1 is 1.37 bits per heavy atom. The lowest BCUT2D eigenvalue weighted by Crippen LogP contribution is -2.38. The SMILES string of the molecule is C=CCOC(=O)N1C[C@@H](SC(=O)c2ccccc2)C[C@H]1Cc1nccn1C. The molecule has 1 aromatic carbocycles. The lowest BCUT2D eigenvalue weighted by molar-refractivity contribution is 0.106. The molecule has 2 aromatic rings. The molecule has 1 aromatic heterocycles. The summed E-state index contributed by atoms with van der Waals surface area (Å²) in [6.07, 6.45) is 6.16. The molecule has 3 rings (SSSR count). The Morgan fingerprint density at radius 2 is 2.15 bits per heavy atom. The fourth-order valence-electron chi connectivity index (χ4n) is 3.19. The summed E-state index contributed by atoms with van der Waals surface area (Å²) in [7, 11) is 1.93. The summed E-state index contributed by atoms with van der Waals surface area (Å²) in [6, 6.07) is 9.16. The fraction of sp³-hybridized carbons (Fsp3) is 0.350. The van der Waals surface area contributed by atoms with E-state index in [0.717, 1.165) is 12.2 Å². The average Bonchev–Trinajstić information content (AvgIpc) is 3.27. The van der Waals surface area contributed by atoms with Crippen LogP contribution in [0.25, 0.3) is 0 Å². The van der Waals surface area contributed by atoms with Gasteiger partial charge in [0.2, 0.25) is 5.12 Å². The molecule has 142 valence electrons. The van der Waals surface area contributed by atoms with Gasteiger partial charge in [0.25, 0.3) is 0 Å². The van der Waals surface area contributed by atoms with Gasteiger partial charge in [-0.1, -0.05) is 54.7 Å². The van der Waals surface area contributed by atoms with E-state index in [1.54, 1.807) is 17.2 Å². The van der Waals surface area contributed by atoms with Crippen molar-refractivity contribution in [3.8, 4) is 0 Å². The summed E-state index contributed by atoms with van der Waals surface area (Å²) >= 11 is 1.29. The summed E-state index contributed by atoms with van der Waals surface area (Å²) in [4.78, 5) is 31.1. The zero-order chi connectivity index (χ0) is 19.2. The predicted octanol–water partition coefficient (Wildman–Crippen LogP) is 3.30. The first kappa shape index (κ1) is 19.2. The summed E-state index contributed by atoms with van der Waals surface area (Å²) < 4.78 is 7.19. The van der Waals surface area contributed by atoms with Gasteiger partial charge in [-0.25, -0.2) is 9.78 Å². The minimum absolute atomic E-state index is 0.0256. The summed E-state index contributed by atoms with van der Waals surface area (Å²) in [5, 5.41) is 0.0527. The molecule has 0 unspecified atom stereocenters. The van der Waals surface area contributed by atoms with Crippen LogP contribution in [0, 0.1) is 0 Å². The number of amides is 1. The summed E-state index contributed by atoms with van der Waals surface area (Å²) in [6.45, 7) is 4.23. The van der Waals surface area contributed by atoms with Crippen molar-refractivity contribution in [1.29, 1.82) is 0 Å². The number of carbonyl (C=O) groups is 2. The van der Waals surface area contributed by atoms with Crippen molar-refractivity contribution in [2.24, 2.45) is 7.05 Å². The van der Waals surface area contributed by atoms with E-state index in [1.165, 1.54) is 11.8 Å². The minimum atomic E-state index is -0.371. The molecule has 7 heteroatoms. The second-order valence-corrected chi connectivity index (χ2v) is 7.73. The van der Waals surface area contributed by atoms with E-state index in [0.29, 0.717) is 18.5 Å². The van der Waals surface area contributed by atoms with E-state index >= 15 is 0 Å². The number of carbonyl (C=O) groups excluding carboxylic acids is 2. The molecule has 0 aliphatic carbocycles. The third-order valence-corrected chi connectivity index (χ3v) is 5.68. The van der Waals surface area contributed by atoms with Crippen molar-refractivity contribution in [3.63, 3.8) is 0 Å². The average molecular weight is 385 g/mol. The molecule has 1 saturated heterocycles. The minimum Gasteiger partial charge on any atom is -0.445 e. The van der Waals surface area contributed by atoms with Gasteiger partial charge >= 0.3 is 6.09 Å². The van der Waals surface area contributed by atoms with Gasteiger partial charge < -0.3 is 14.2 Å². The highest BCUT2D eigenvalue weighted by molar-refractivity contribution is 8.14. The van der Waals surface area contributed by atoms with E-state index in [-0.39, 0.29) is 29.1 Å². The molecule has 1 fully saturated rings. The third kappa shape index (κ3) is 4.80. The van der Waals surface area contributed by atoms with Gasteiger partial charge in [0.1, 0.15) is 12.4 Å². The molecular formula is C20H23N3O3S. The molecular weight excluding hydrogens is 362 g/mol. The first-order valence-electron chi connectivity index (χ1n) is 8.85. The molecule has 6 nitrogen and oxygen atoms in total. The highest BCUT2D eigenvalue weighted by Crippen LogP contribution is 2.31. The monoisotopic (exact) mass is 385 g/mol. The fourth-order valence-corrected chi connectivity index (χ4v) is 4.32. The van der Waals surface area contributed by atoms with Crippen LogP contribution in [0.1, 0.15) is 22.6 Å². The highest BCUT2D eigenvalue weighted by atomic mass is 32.2. The zero-order valence-electron chi connectivity index (χ0n) is 15.3.